The molecule has 138 valence electrons. The summed E-state index contributed by atoms with van der Waals surface area (Å²) in [6.45, 7) is 1.82. The summed E-state index contributed by atoms with van der Waals surface area (Å²) in [5.41, 5.74) is 7.53. The van der Waals surface area contributed by atoms with Gasteiger partial charge in [-0.1, -0.05) is 0 Å². The van der Waals surface area contributed by atoms with E-state index in [0.29, 0.717) is 11.8 Å². The fourth-order valence-electron chi connectivity index (χ4n) is 2.89. The molecule has 2 rings (SSSR count). The zero-order valence-corrected chi connectivity index (χ0v) is 16.8. The predicted octanol–water partition coefficient (Wildman–Crippen LogP) is 1.70. The second kappa shape index (κ2) is 10.2. The monoisotopic (exact) mass is 417 g/mol. The second-order valence-electron chi connectivity index (χ2n) is 6.39. The van der Waals surface area contributed by atoms with Gasteiger partial charge in [0, 0.05) is 0 Å². The van der Waals surface area contributed by atoms with Gasteiger partial charge < -0.3 is 5.11 Å². The molecular weight excluding hydrogens is 393 g/mol. The molecular formula is C18H24AsN5O2. The Morgan fingerprint density at radius 1 is 1.19 bits per heavy atom. The first-order valence-corrected chi connectivity index (χ1v) is 9.70. The van der Waals surface area contributed by atoms with Crippen LogP contribution in [0, 0.1) is 6.92 Å². The van der Waals surface area contributed by atoms with E-state index in [9.17, 15) is 4.79 Å². The molecule has 2 radical (unpaired) electrons. The Kier molecular flexibility index (Phi) is 7.98. The summed E-state index contributed by atoms with van der Waals surface area (Å²) >= 11 is 2.38. The first-order chi connectivity index (χ1) is 12.4. The van der Waals surface area contributed by atoms with Gasteiger partial charge in [0.2, 0.25) is 0 Å². The molecule has 2 aromatic rings. The molecule has 2 aromatic heterocycles. The zero-order chi connectivity index (χ0) is 18.9. The van der Waals surface area contributed by atoms with Crippen molar-refractivity contribution >= 4 is 33.3 Å². The molecule has 0 fully saturated rings. The third-order valence-electron chi connectivity index (χ3n) is 4.21. The summed E-state index contributed by atoms with van der Waals surface area (Å²) in [6, 6.07) is 1.94. The topological polar surface area (TPSA) is 115 Å². The van der Waals surface area contributed by atoms with Crippen molar-refractivity contribution in [2.24, 2.45) is 0 Å². The van der Waals surface area contributed by atoms with Crippen LogP contribution < -0.4 is 10.2 Å². The molecule has 0 aromatic carbocycles. The third-order valence-corrected chi connectivity index (χ3v) is 4.69. The van der Waals surface area contributed by atoms with Gasteiger partial charge in [-0.25, -0.2) is 9.97 Å². The molecule has 0 bridgehead atoms. The first kappa shape index (κ1) is 20.3. The summed E-state index contributed by atoms with van der Waals surface area (Å²) in [5, 5.41) is 9.15. The number of carboxylic acids is 1. The Morgan fingerprint density at radius 3 is 2.54 bits per heavy atom. The number of nitrogens with two attached hydrogens (primary N) is 1. The van der Waals surface area contributed by atoms with Crippen molar-refractivity contribution in [2.45, 2.75) is 57.8 Å². The molecule has 2 heterocycles. The zero-order valence-electron chi connectivity index (χ0n) is 14.9. The summed E-state index contributed by atoms with van der Waals surface area (Å²) in [7, 11) is 0. The summed E-state index contributed by atoms with van der Waals surface area (Å²) in [4.78, 5) is 27.8. The van der Waals surface area contributed by atoms with Gasteiger partial charge >= 0.3 is 130 Å². The molecule has 0 saturated heterocycles. The fourth-order valence-corrected chi connectivity index (χ4v) is 3.42. The normalized spacial score (nSPS) is 12.1. The number of unbranched alkanes of at least 4 members (excludes halogenated alkanes) is 3. The van der Waals surface area contributed by atoms with E-state index in [1.54, 1.807) is 12.4 Å². The smallest absolute Gasteiger partial charge is 0.481 e. The van der Waals surface area contributed by atoms with E-state index in [0.717, 1.165) is 54.3 Å². The average molecular weight is 417 g/mol. The van der Waals surface area contributed by atoms with Crippen molar-refractivity contribution in [1.82, 2.24) is 19.9 Å². The molecule has 0 aliphatic heterocycles. The van der Waals surface area contributed by atoms with Crippen LogP contribution in [-0.2, 0) is 11.2 Å². The van der Waals surface area contributed by atoms with Crippen molar-refractivity contribution < 1.29 is 9.90 Å². The average Bonchev–Trinajstić information content (AvgIpc) is 2.56. The van der Waals surface area contributed by atoms with E-state index in [1.807, 2.05) is 13.0 Å². The molecule has 0 aliphatic rings. The molecule has 7 nitrogen and oxygen atoms in total. The van der Waals surface area contributed by atoms with Gasteiger partial charge in [-0.2, -0.15) is 0 Å². The Balaban J connectivity index is 1.75. The van der Waals surface area contributed by atoms with Gasteiger partial charge in [-0.15, -0.1) is 0 Å². The second-order valence-corrected chi connectivity index (χ2v) is 7.35. The predicted molar refractivity (Wildman–Crippen MR) is 100 cm³/mol. The third kappa shape index (κ3) is 7.08. The van der Waals surface area contributed by atoms with Gasteiger partial charge in [-0.05, 0) is 6.92 Å². The van der Waals surface area contributed by atoms with Crippen molar-refractivity contribution in [3.8, 4) is 0 Å². The molecule has 8 heteroatoms. The molecule has 26 heavy (non-hydrogen) atoms. The number of anilines is 1. The molecule has 0 spiro atoms. The Morgan fingerprint density at radius 2 is 1.88 bits per heavy atom. The first-order valence-electron chi connectivity index (χ1n) is 8.77. The van der Waals surface area contributed by atoms with E-state index >= 15 is 0 Å². The Hall–Kier alpha value is -2.01. The minimum atomic E-state index is -0.786. The van der Waals surface area contributed by atoms with Gasteiger partial charge in [0.05, 0.1) is 0 Å². The SMILES string of the molecule is Cc1ncc(C(CCCCCCc2cc([As])nc(N)n2)CC(=O)O)cn1. The van der Waals surface area contributed by atoms with E-state index in [2.05, 4.69) is 36.8 Å². The number of hydrogen-bond donors (Lipinski definition) is 2. The van der Waals surface area contributed by atoms with Gasteiger partial charge in [0.15, 0.2) is 0 Å². The minimum Gasteiger partial charge on any atom is -0.481 e. The van der Waals surface area contributed by atoms with Gasteiger partial charge in [0.25, 0.3) is 0 Å². The van der Waals surface area contributed by atoms with E-state index < -0.39 is 5.97 Å². The van der Waals surface area contributed by atoms with Crippen molar-refractivity contribution in [2.75, 3.05) is 5.73 Å². The quantitative estimate of drug-likeness (QED) is 0.447. The van der Waals surface area contributed by atoms with Crippen LogP contribution in [0.3, 0.4) is 0 Å². The van der Waals surface area contributed by atoms with Crippen LogP contribution in [0.4, 0.5) is 5.95 Å². The molecule has 0 saturated carbocycles. The maximum absolute atomic E-state index is 11.1. The Bertz CT molecular complexity index is 704. The van der Waals surface area contributed by atoms with Crippen molar-refractivity contribution in [3.63, 3.8) is 0 Å². The minimum absolute atomic E-state index is 0.0322. The van der Waals surface area contributed by atoms with Crippen LogP contribution in [0.5, 0.6) is 0 Å². The summed E-state index contributed by atoms with van der Waals surface area (Å²) in [5.74, 6) is 0.193. The number of carboxylic acid groups (broad SMARTS) is 1. The van der Waals surface area contributed by atoms with Crippen LogP contribution in [0.2, 0.25) is 0 Å². The molecule has 3 N–H and O–H groups in total. The molecule has 0 aliphatic carbocycles. The summed E-state index contributed by atoms with van der Waals surface area (Å²) in [6.07, 6.45) is 9.45. The summed E-state index contributed by atoms with van der Waals surface area (Å²) < 4.78 is 0.830. The number of aliphatic carboxylic acids is 1. The molecule has 1 unspecified atom stereocenters. The standard InChI is InChI=1S/C18H24AsN5O2/c1-12-21-10-14(11-22-12)13(8-17(25)26)6-4-2-3-5-7-15-9-16(19)24-18(20)23-15/h9-11,13H,2-8H2,1H3,(H,25,26)(H2,20,23,24). The van der Waals surface area contributed by atoms with Crippen LogP contribution in [0.1, 0.15) is 61.5 Å². The molecule has 1 atom stereocenters. The van der Waals surface area contributed by atoms with Crippen LogP contribution in [0.15, 0.2) is 18.5 Å². The number of aryl methyl sites for hydroxylation is 2. The number of carbonyl (C=O) groups is 1. The number of nitrogen functional groups attached to an aromatic ring is 1. The van der Waals surface area contributed by atoms with E-state index in [1.165, 1.54) is 0 Å². The van der Waals surface area contributed by atoms with Crippen LogP contribution >= 0.6 is 0 Å². The van der Waals surface area contributed by atoms with Gasteiger partial charge in [0.1, 0.15) is 5.82 Å². The van der Waals surface area contributed by atoms with Crippen molar-refractivity contribution in [1.29, 1.82) is 0 Å². The number of hydrogen-bond acceptors (Lipinski definition) is 6. The number of rotatable bonds is 10. The number of aromatic nitrogens is 4. The van der Waals surface area contributed by atoms with Crippen LogP contribution in [-0.4, -0.2) is 47.9 Å². The maximum atomic E-state index is 11.1. The number of nitrogens with zero attached hydrogens (tertiary/aromatic N) is 4. The van der Waals surface area contributed by atoms with Crippen LogP contribution in [0.25, 0.3) is 0 Å². The van der Waals surface area contributed by atoms with Gasteiger partial charge in [-0.3, -0.25) is 4.79 Å². The Labute approximate surface area is 162 Å². The van der Waals surface area contributed by atoms with Crippen molar-refractivity contribution in [3.05, 3.63) is 35.5 Å². The molecule has 0 amide bonds. The fraction of sp³-hybridized carbons (Fsp3) is 0.500. The van der Waals surface area contributed by atoms with E-state index in [-0.39, 0.29) is 12.3 Å². The van der Waals surface area contributed by atoms with E-state index in [4.69, 9.17) is 10.8 Å².